The van der Waals surface area contributed by atoms with Crippen molar-refractivity contribution in [3.8, 4) is 17.6 Å². The molecule has 3 rings (SSSR count). The zero-order chi connectivity index (χ0) is 14.7. The van der Waals surface area contributed by atoms with Gasteiger partial charge in [0.05, 0.1) is 11.3 Å². The summed E-state index contributed by atoms with van der Waals surface area (Å²) < 4.78 is 11.1. The van der Waals surface area contributed by atoms with Crippen LogP contribution in [0.5, 0.6) is 11.5 Å². The number of nitriles is 1. The Morgan fingerprint density at radius 2 is 1.95 bits per heavy atom. The lowest BCUT2D eigenvalue weighted by atomic mass is 10.2. The molecule has 5 heteroatoms. The van der Waals surface area contributed by atoms with Gasteiger partial charge in [0.15, 0.2) is 11.5 Å². The molecular formula is C16H14N2O2S. The standard InChI is InChI=1S/C16H14N2O2S/c1-21-16-4-2-3-13(12(16)10-17)18-11-5-6-14-15(9-11)20-8-7-19-14/h2-6,9,18H,7-8H2,1H3. The number of anilines is 2. The Labute approximate surface area is 127 Å². The molecule has 0 amide bonds. The highest BCUT2D eigenvalue weighted by Gasteiger charge is 2.13. The molecule has 4 nitrogen and oxygen atoms in total. The predicted octanol–water partition coefficient (Wildman–Crippen LogP) is 3.79. The summed E-state index contributed by atoms with van der Waals surface area (Å²) >= 11 is 1.56. The van der Waals surface area contributed by atoms with Gasteiger partial charge in [0.1, 0.15) is 19.3 Å². The Bertz CT molecular complexity index is 710. The average molecular weight is 298 g/mol. The molecule has 0 saturated carbocycles. The zero-order valence-electron chi connectivity index (χ0n) is 11.6. The minimum atomic E-state index is 0.557. The number of nitrogens with zero attached hydrogens (tertiary/aromatic N) is 1. The van der Waals surface area contributed by atoms with E-state index >= 15 is 0 Å². The molecule has 0 saturated heterocycles. The highest BCUT2D eigenvalue weighted by Crippen LogP contribution is 2.35. The van der Waals surface area contributed by atoms with Crippen molar-refractivity contribution in [1.29, 1.82) is 5.26 Å². The fraction of sp³-hybridized carbons (Fsp3) is 0.188. The van der Waals surface area contributed by atoms with Crippen LogP contribution in [-0.2, 0) is 0 Å². The van der Waals surface area contributed by atoms with E-state index in [1.807, 2.05) is 42.7 Å². The summed E-state index contributed by atoms with van der Waals surface area (Å²) in [5.74, 6) is 1.48. The van der Waals surface area contributed by atoms with Crippen molar-refractivity contribution in [3.05, 3.63) is 42.0 Å². The maximum absolute atomic E-state index is 9.35. The minimum Gasteiger partial charge on any atom is -0.486 e. The second-order valence-corrected chi connectivity index (χ2v) is 5.33. The molecule has 0 bridgehead atoms. The summed E-state index contributed by atoms with van der Waals surface area (Å²) in [5.41, 5.74) is 2.31. The van der Waals surface area contributed by atoms with Crippen LogP contribution in [0.4, 0.5) is 11.4 Å². The van der Waals surface area contributed by atoms with Gasteiger partial charge >= 0.3 is 0 Å². The molecule has 0 aromatic heterocycles. The van der Waals surface area contributed by atoms with Crippen molar-refractivity contribution in [3.63, 3.8) is 0 Å². The summed E-state index contributed by atoms with van der Waals surface area (Å²) in [6.07, 6.45) is 1.96. The van der Waals surface area contributed by atoms with Crippen molar-refractivity contribution in [2.24, 2.45) is 0 Å². The van der Waals surface area contributed by atoms with Crippen molar-refractivity contribution >= 4 is 23.1 Å². The van der Waals surface area contributed by atoms with Gasteiger partial charge in [-0.25, -0.2) is 0 Å². The Hall–Kier alpha value is -2.32. The van der Waals surface area contributed by atoms with Gasteiger partial charge in [0.2, 0.25) is 0 Å². The molecule has 0 atom stereocenters. The second kappa shape index (κ2) is 5.98. The SMILES string of the molecule is CSc1cccc(Nc2ccc3c(c2)OCCO3)c1C#N. The molecule has 0 radical (unpaired) electrons. The van der Waals surface area contributed by atoms with Crippen LogP contribution >= 0.6 is 11.8 Å². The fourth-order valence-corrected chi connectivity index (χ4v) is 2.77. The molecule has 21 heavy (non-hydrogen) atoms. The fourth-order valence-electron chi connectivity index (χ4n) is 2.20. The first kappa shape index (κ1) is 13.7. The van der Waals surface area contributed by atoms with E-state index in [0.717, 1.165) is 27.8 Å². The molecule has 1 aliphatic heterocycles. The van der Waals surface area contributed by atoms with Crippen LogP contribution in [0.3, 0.4) is 0 Å². The number of fused-ring (bicyclic) bond motifs is 1. The minimum absolute atomic E-state index is 0.557. The first-order valence-corrected chi connectivity index (χ1v) is 7.78. The van der Waals surface area contributed by atoms with Gasteiger partial charge in [-0.2, -0.15) is 5.26 Å². The van der Waals surface area contributed by atoms with Crippen LogP contribution in [0.1, 0.15) is 5.56 Å². The lowest BCUT2D eigenvalue weighted by molar-refractivity contribution is 0.171. The zero-order valence-corrected chi connectivity index (χ0v) is 12.4. The first-order chi connectivity index (χ1) is 10.3. The monoisotopic (exact) mass is 298 g/mol. The Balaban J connectivity index is 1.92. The molecular weight excluding hydrogens is 284 g/mol. The number of hydrogen-bond acceptors (Lipinski definition) is 5. The number of thioether (sulfide) groups is 1. The Morgan fingerprint density at radius 3 is 2.71 bits per heavy atom. The molecule has 1 aliphatic rings. The quantitative estimate of drug-likeness (QED) is 0.874. The summed E-state index contributed by atoms with van der Waals surface area (Å²) in [4.78, 5) is 0.958. The molecule has 0 aliphatic carbocycles. The number of benzene rings is 2. The summed E-state index contributed by atoms with van der Waals surface area (Å²) in [6.45, 7) is 1.13. The molecule has 2 aromatic rings. The third-order valence-corrected chi connectivity index (χ3v) is 3.96. The van der Waals surface area contributed by atoms with Gasteiger partial charge in [-0.15, -0.1) is 11.8 Å². The summed E-state index contributed by atoms with van der Waals surface area (Å²) in [6, 6.07) is 13.7. The van der Waals surface area contributed by atoms with Crippen molar-refractivity contribution in [2.75, 3.05) is 24.8 Å². The van der Waals surface area contributed by atoms with E-state index in [1.54, 1.807) is 11.8 Å². The van der Waals surface area contributed by atoms with Gasteiger partial charge < -0.3 is 14.8 Å². The average Bonchev–Trinajstić information content (AvgIpc) is 2.54. The number of ether oxygens (including phenoxy) is 2. The van der Waals surface area contributed by atoms with Crippen LogP contribution in [0, 0.1) is 11.3 Å². The lowest BCUT2D eigenvalue weighted by Crippen LogP contribution is -2.15. The van der Waals surface area contributed by atoms with E-state index in [2.05, 4.69) is 11.4 Å². The van der Waals surface area contributed by atoms with Crippen molar-refractivity contribution < 1.29 is 9.47 Å². The van der Waals surface area contributed by atoms with Gasteiger partial charge in [-0.3, -0.25) is 0 Å². The van der Waals surface area contributed by atoms with E-state index < -0.39 is 0 Å². The van der Waals surface area contributed by atoms with Gasteiger partial charge in [-0.1, -0.05) is 6.07 Å². The van der Waals surface area contributed by atoms with E-state index in [4.69, 9.17) is 9.47 Å². The highest BCUT2D eigenvalue weighted by molar-refractivity contribution is 7.98. The Morgan fingerprint density at radius 1 is 1.14 bits per heavy atom. The number of nitrogens with one attached hydrogen (secondary N) is 1. The number of rotatable bonds is 3. The molecule has 0 unspecified atom stereocenters. The molecule has 1 N–H and O–H groups in total. The first-order valence-electron chi connectivity index (χ1n) is 6.55. The number of hydrogen-bond donors (Lipinski definition) is 1. The molecule has 1 heterocycles. The maximum Gasteiger partial charge on any atom is 0.163 e. The van der Waals surface area contributed by atoms with E-state index in [9.17, 15) is 5.26 Å². The second-order valence-electron chi connectivity index (χ2n) is 4.48. The predicted molar refractivity (Wildman–Crippen MR) is 83.7 cm³/mol. The van der Waals surface area contributed by atoms with Gasteiger partial charge in [0, 0.05) is 16.6 Å². The van der Waals surface area contributed by atoms with Crippen LogP contribution < -0.4 is 14.8 Å². The maximum atomic E-state index is 9.35. The smallest absolute Gasteiger partial charge is 0.163 e. The summed E-state index contributed by atoms with van der Waals surface area (Å²) in [7, 11) is 0. The molecule has 2 aromatic carbocycles. The third kappa shape index (κ3) is 2.76. The summed E-state index contributed by atoms with van der Waals surface area (Å²) in [5, 5.41) is 12.6. The van der Waals surface area contributed by atoms with Crippen molar-refractivity contribution in [1.82, 2.24) is 0 Å². The van der Waals surface area contributed by atoms with Crippen molar-refractivity contribution in [2.45, 2.75) is 4.90 Å². The lowest BCUT2D eigenvalue weighted by Gasteiger charge is -2.19. The van der Waals surface area contributed by atoms with Crippen LogP contribution in [-0.4, -0.2) is 19.5 Å². The molecule has 106 valence electrons. The van der Waals surface area contributed by atoms with E-state index in [1.165, 1.54) is 0 Å². The topological polar surface area (TPSA) is 54.3 Å². The van der Waals surface area contributed by atoms with Crippen LogP contribution in [0.25, 0.3) is 0 Å². The van der Waals surface area contributed by atoms with E-state index in [-0.39, 0.29) is 0 Å². The van der Waals surface area contributed by atoms with Crippen LogP contribution in [0.2, 0.25) is 0 Å². The highest BCUT2D eigenvalue weighted by atomic mass is 32.2. The third-order valence-electron chi connectivity index (χ3n) is 3.18. The normalized spacial score (nSPS) is 12.6. The van der Waals surface area contributed by atoms with Gasteiger partial charge in [-0.05, 0) is 30.5 Å². The Kier molecular flexibility index (Phi) is 3.89. The molecule has 0 fully saturated rings. The van der Waals surface area contributed by atoms with E-state index in [0.29, 0.717) is 18.8 Å². The molecule has 0 spiro atoms. The van der Waals surface area contributed by atoms with Crippen LogP contribution in [0.15, 0.2) is 41.3 Å². The van der Waals surface area contributed by atoms with Gasteiger partial charge in [0.25, 0.3) is 0 Å². The largest absolute Gasteiger partial charge is 0.486 e.